The van der Waals surface area contributed by atoms with Crippen LogP contribution in [0.15, 0.2) is 0 Å². The lowest BCUT2D eigenvalue weighted by molar-refractivity contribution is -0.146. The maximum Gasteiger partial charge on any atom is 0.230 e. The summed E-state index contributed by atoms with van der Waals surface area (Å²) in [4.78, 5) is 14.9. The van der Waals surface area contributed by atoms with Crippen molar-refractivity contribution in [3.05, 3.63) is 0 Å². The summed E-state index contributed by atoms with van der Waals surface area (Å²) in [6, 6.07) is 0.354. The summed E-state index contributed by atoms with van der Waals surface area (Å²) in [5, 5.41) is 12.6. The van der Waals surface area contributed by atoms with Crippen LogP contribution in [-0.4, -0.2) is 48.2 Å². The zero-order valence-electron chi connectivity index (χ0n) is 12.2. The number of aliphatic hydroxyl groups is 1. The van der Waals surface area contributed by atoms with Gasteiger partial charge in [-0.05, 0) is 39.2 Å². The molecule has 1 aliphatic heterocycles. The second-order valence-corrected chi connectivity index (χ2v) is 6.35. The molecule has 0 spiro atoms. The number of hydrogen-bond donors (Lipinski definition) is 2. The van der Waals surface area contributed by atoms with Gasteiger partial charge in [0, 0.05) is 19.1 Å². The van der Waals surface area contributed by atoms with Crippen LogP contribution in [0, 0.1) is 5.41 Å². The number of nitrogens with one attached hydrogen (secondary N) is 1. The van der Waals surface area contributed by atoms with E-state index in [0.717, 1.165) is 38.8 Å². The first-order valence-electron chi connectivity index (χ1n) is 7.80. The average Bonchev–Trinajstić information content (AvgIpc) is 2.46. The van der Waals surface area contributed by atoms with Gasteiger partial charge in [0.1, 0.15) is 0 Å². The molecule has 4 heteroatoms. The molecule has 2 fully saturated rings. The van der Waals surface area contributed by atoms with E-state index < -0.39 is 0 Å². The predicted molar refractivity (Wildman–Crippen MR) is 75.9 cm³/mol. The normalized spacial score (nSPS) is 29.2. The van der Waals surface area contributed by atoms with Gasteiger partial charge in [-0.2, -0.15) is 0 Å². The molecule has 1 saturated heterocycles. The Balaban J connectivity index is 2.06. The number of carbonyl (C=O) groups excluding carboxylic acids is 1. The van der Waals surface area contributed by atoms with E-state index >= 15 is 0 Å². The van der Waals surface area contributed by atoms with Crippen molar-refractivity contribution < 1.29 is 9.90 Å². The first-order chi connectivity index (χ1) is 9.17. The van der Waals surface area contributed by atoms with Gasteiger partial charge in [0.15, 0.2) is 0 Å². The van der Waals surface area contributed by atoms with Crippen molar-refractivity contribution in [3.63, 3.8) is 0 Å². The van der Waals surface area contributed by atoms with Crippen LogP contribution in [0.25, 0.3) is 0 Å². The van der Waals surface area contributed by atoms with E-state index in [4.69, 9.17) is 0 Å². The highest BCUT2D eigenvalue weighted by Gasteiger charge is 2.39. The SMILES string of the molecule is CC1(C(=O)N(CCO)C2CCCCC2)CCCNC1. The van der Waals surface area contributed by atoms with Crippen LogP contribution in [0.2, 0.25) is 0 Å². The molecule has 0 aromatic rings. The van der Waals surface area contributed by atoms with Crippen molar-refractivity contribution >= 4 is 5.91 Å². The Hall–Kier alpha value is -0.610. The van der Waals surface area contributed by atoms with E-state index in [-0.39, 0.29) is 17.9 Å². The summed E-state index contributed by atoms with van der Waals surface area (Å²) in [5.41, 5.74) is -0.273. The highest BCUT2D eigenvalue weighted by Crippen LogP contribution is 2.31. The summed E-state index contributed by atoms with van der Waals surface area (Å²) < 4.78 is 0. The van der Waals surface area contributed by atoms with Gasteiger partial charge < -0.3 is 15.3 Å². The van der Waals surface area contributed by atoms with E-state index in [1.54, 1.807) is 0 Å². The summed E-state index contributed by atoms with van der Waals surface area (Å²) in [5.74, 6) is 0.251. The largest absolute Gasteiger partial charge is 0.395 e. The van der Waals surface area contributed by atoms with Gasteiger partial charge in [0.2, 0.25) is 5.91 Å². The molecule has 19 heavy (non-hydrogen) atoms. The highest BCUT2D eigenvalue weighted by atomic mass is 16.3. The molecule has 110 valence electrons. The lowest BCUT2D eigenvalue weighted by Crippen LogP contribution is -2.54. The van der Waals surface area contributed by atoms with Crippen molar-refractivity contribution in [2.75, 3.05) is 26.2 Å². The second kappa shape index (κ2) is 6.71. The van der Waals surface area contributed by atoms with E-state index in [2.05, 4.69) is 12.2 Å². The Kier molecular flexibility index (Phi) is 5.22. The molecule has 0 aromatic carbocycles. The first-order valence-corrected chi connectivity index (χ1v) is 7.80. The number of hydrogen-bond acceptors (Lipinski definition) is 3. The monoisotopic (exact) mass is 268 g/mol. The van der Waals surface area contributed by atoms with E-state index in [0.29, 0.717) is 12.6 Å². The maximum atomic E-state index is 12.9. The quantitative estimate of drug-likeness (QED) is 0.813. The van der Waals surface area contributed by atoms with Gasteiger partial charge in [-0.25, -0.2) is 0 Å². The molecule has 1 amide bonds. The fraction of sp³-hybridized carbons (Fsp3) is 0.933. The third-order valence-electron chi connectivity index (χ3n) is 4.73. The number of rotatable bonds is 4. The zero-order chi connectivity index (χ0) is 13.7. The average molecular weight is 268 g/mol. The smallest absolute Gasteiger partial charge is 0.230 e. The van der Waals surface area contributed by atoms with Crippen molar-refractivity contribution in [2.24, 2.45) is 5.41 Å². The molecule has 1 atom stereocenters. The molecule has 4 nitrogen and oxygen atoms in total. The van der Waals surface area contributed by atoms with Crippen molar-refractivity contribution in [1.82, 2.24) is 10.2 Å². The summed E-state index contributed by atoms with van der Waals surface area (Å²) in [6.45, 7) is 4.45. The minimum Gasteiger partial charge on any atom is -0.395 e. The van der Waals surface area contributed by atoms with Crippen molar-refractivity contribution in [3.8, 4) is 0 Å². The number of carbonyl (C=O) groups is 1. The molecule has 2 rings (SSSR count). The first kappa shape index (κ1) is 14.8. The zero-order valence-corrected chi connectivity index (χ0v) is 12.2. The number of piperidine rings is 1. The Morgan fingerprint density at radius 3 is 2.63 bits per heavy atom. The fourth-order valence-electron chi connectivity index (χ4n) is 3.54. The van der Waals surface area contributed by atoms with Gasteiger partial charge in [0.05, 0.1) is 12.0 Å². The predicted octanol–water partition coefficient (Wildman–Crippen LogP) is 1.53. The van der Waals surface area contributed by atoms with E-state index in [1.165, 1.54) is 19.3 Å². The third-order valence-corrected chi connectivity index (χ3v) is 4.73. The molecule has 2 N–H and O–H groups in total. The summed E-state index contributed by atoms with van der Waals surface area (Å²) >= 11 is 0. The van der Waals surface area contributed by atoms with E-state index in [9.17, 15) is 9.90 Å². The maximum absolute atomic E-state index is 12.9. The van der Waals surface area contributed by atoms with Crippen molar-refractivity contribution in [1.29, 1.82) is 0 Å². The Labute approximate surface area is 116 Å². The molecular weight excluding hydrogens is 240 g/mol. The number of nitrogens with zero attached hydrogens (tertiary/aromatic N) is 1. The molecular formula is C15H28N2O2. The Morgan fingerprint density at radius 1 is 1.32 bits per heavy atom. The minimum atomic E-state index is -0.273. The molecule has 1 unspecified atom stereocenters. The van der Waals surface area contributed by atoms with Gasteiger partial charge in [0.25, 0.3) is 0 Å². The number of aliphatic hydroxyl groups excluding tert-OH is 1. The Morgan fingerprint density at radius 2 is 2.05 bits per heavy atom. The van der Waals surface area contributed by atoms with Crippen LogP contribution >= 0.6 is 0 Å². The van der Waals surface area contributed by atoms with Gasteiger partial charge in [-0.1, -0.05) is 19.3 Å². The summed E-state index contributed by atoms with van der Waals surface area (Å²) in [6.07, 6.45) is 7.97. The summed E-state index contributed by atoms with van der Waals surface area (Å²) in [7, 11) is 0. The highest BCUT2D eigenvalue weighted by molar-refractivity contribution is 5.83. The lowest BCUT2D eigenvalue weighted by atomic mass is 9.80. The van der Waals surface area contributed by atoms with Crippen LogP contribution in [0.4, 0.5) is 0 Å². The molecule has 0 aromatic heterocycles. The van der Waals surface area contributed by atoms with Crippen LogP contribution in [0.3, 0.4) is 0 Å². The second-order valence-electron chi connectivity index (χ2n) is 6.35. The van der Waals surface area contributed by atoms with Gasteiger partial charge in [-0.15, -0.1) is 0 Å². The molecule has 0 bridgehead atoms. The lowest BCUT2D eigenvalue weighted by Gasteiger charge is -2.42. The molecule has 1 heterocycles. The van der Waals surface area contributed by atoms with Gasteiger partial charge >= 0.3 is 0 Å². The molecule has 0 radical (unpaired) electrons. The number of amides is 1. The molecule has 1 aliphatic carbocycles. The van der Waals surface area contributed by atoms with Crippen LogP contribution in [0.1, 0.15) is 51.9 Å². The van der Waals surface area contributed by atoms with Crippen LogP contribution in [0.5, 0.6) is 0 Å². The Bertz CT molecular complexity index is 295. The topological polar surface area (TPSA) is 52.6 Å². The third kappa shape index (κ3) is 3.48. The van der Waals surface area contributed by atoms with E-state index in [1.807, 2.05) is 4.90 Å². The van der Waals surface area contributed by atoms with Crippen LogP contribution in [-0.2, 0) is 4.79 Å². The standard InChI is InChI=1S/C15H28N2O2/c1-15(8-5-9-16-12-15)14(19)17(10-11-18)13-6-3-2-4-7-13/h13,16,18H,2-12H2,1H3. The van der Waals surface area contributed by atoms with Gasteiger partial charge in [-0.3, -0.25) is 4.79 Å². The molecule has 1 saturated carbocycles. The molecule has 2 aliphatic rings. The fourth-order valence-corrected chi connectivity index (χ4v) is 3.54. The van der Waals surface area contributed by atoms with Crippen molar-refractivity contribution in [2.45, 2.75) is 57.9 Å². The van der Waals surface area contributed by atoms with Crippen LogP contribution < -0.4 is 5.32 Å². The minimum absolute atomic E-state index is 0.0751.